The van der Waals surface area contributed by atoms with Crippen LogP contribution in [0.3, 0.4) is 0 Å². The summed E-state index contributed by atoms with van der Waals surface area (Å²) < 4.78 is 0. The molecular formula is C21H30IN5. The number of guanidine groups is 1. The maximum Gasteiger partial charge on any atom is 0.193 e. The van der Waals surface area contributed by atoms with Gasteiger partial charge in [-0.1, -0.05) is 36.4 Å². The standard InChI is InChI=1S/C21H29N5.HI/c1-22-21(26-14-9-20(17-26)25-12-4-5-13-25)23-16-18-7-6-8-19(15-18)24-10-2-3-11-24;/h2-8,15,20H,9-14,16-17H2,1H3,(H,22,23);1H. The van der Waals surface area contributed by atoms with Gasteiger partial charge in [0.25, 0.3) is 0 Å². The van der Waals surface area contributed by atoms with Crippen molar-refractivity contribution >= 4 is 35.6 Å². The number of aliphatic imine (C=N–C) groups is 1. The summed E-state index contributed by atoms with van der Waals surface area (Å²) in [6, 6.07) is 9.47. The lowest BCUT2D eigenvalue weighted by Gasteiger charge is -2.25. The van der Waals surface area contributed by atoms with E-state index in [1.54, 1.807) is 0 Å². The van der Waals surface area contributed by atoms with E-state index in [1.165, 1.54) is 17.7 Å². The molecule has 1 N–H and O–H groups in total. The fourth-order valence-corrected chi connectivity index (χ4v) is 4.09. The molecule has 1 aromatic carbocycles. The van der Waals surface area contributed by atoms with Crippen molar-refractivity contribution in [2.45, 2.75) is 19.0 Å². The van der Waals surface area contributed by atoms with Crippen LogP contribution in [0.4, 0.5) is 5.69 Å². The van der Waals surface area contributed by atoms with Gasteiger partial charge in [-0.25, -0.2) is 0 Å². The molecule has 3 heterocycles. The first kappa shape index (κ1) is 20.2. The fourth-order valence-electron chi connectivity index (χ4n) is 4.09. The molecule has 0 bridgehead atoms. The first-order valence-corrected chi connectivity index (χ1v) is 9.67. The van der Waals surface area contributed by atoms with Crippen molar-refractivity contribution in [3.05, 3.63) is 54.1 Å². The minimum Gasteiger partial charge on any atom is -0.364 e. The number of anilines is 1. The largest absolute Gasteiger partial charge is 0.364 e. The Morgan fingerprint density at radius 1 is 1.11 bits per heavy atom. The first-order chi connectivity index (χ1) is 12.8. The van der Waals surface area contributed by atoms with Crippen LogP contribution in [0.5, 0.6) is 0 Å². The van der Waals surface area contributed by atoms with Crippen LogP contribution in [0.15, 0.2) is 53.6 Å². The second-order valence-corrected chi connectivity index (χ2v) is 7.26. The van der Waals surface area contributed by atoms with Gasteiger partial charge in [-0.2, -0.15) is 0 Å². The molecule has 5 nitrogen and oxygen atoms in total. The number of nitrogens with zero attached hydrogens (tertiary/aromatic N) is 4. The summed E-state index contributed by atoms with van der Waals surface area (Å²) in [6.07, 6.45) is 10.2. The molecule has 3 aliphatic heterocycles. The molecule has 1 atom stereocenters. The Hall–Kier alpha value is -1.54. The van der Waals surface area contributed by atoms with Gasteiger partial charge in [0.1, 0.15) is 0 Å². The molecule has 1 unspecified atom stereocenters. The smallest absolute Gasteiger partial charge is 0.193 e. The van der Waals surface area contributed by atoms with Crippen molar-refractivity contribution in [3.63, 3.8) is 0 Å². The van der Waals surface area contributed by atoms with Crippen LogP contribution in [-0.4, -0.2) is 68.1 Å². The summed E-state index contributed by atoms with van der Waals surface area (Å²) in [4.78, 5) is 11.9. The topological polar surface area (TPSA) is 34.1 Å². The highest BCUT2D eigenvalue weighted by Gasteiger charge is 2.29. The van der Waals surface area contributed by atoms with E-state index < -0.39 is 0 Å². The predicted octanol–water partition coefficient (Wildman–Crippen LogP) is 2.70. The maximum absolute atomic E-state index is 4.52. The van der Waals surface area contributed by atoms with E-state index >= 15 is 0 Å². The van der Waals surface area contributed by atoms with Gasteiger partial charge < -0.3 is 15.1 Å². The Bertz CT molecular complexity index is 698. The molecule has 0 amide bonds. The van der Waals surface area contributed by atoms with E-state index in [2.05, 4.69) is 73.6 Å². The average molecular weight is 479 g/mol. The molecule has 1 aromatic rings. The van der Waals surface area contributed by atoms with Crippen LogP contribution in [0.1, 0.15) is 12.0 Å². The molecule has 4 rings (SSSR count). The van der Waals surface area contributed by atoms with E-state index in [-0.39, 0.29) is 24.0 Å². The Kier molecular flexibility index (Phi) is 7.18. The third kappa shape index (κ3) is 4.85. The molecule has 27 heavy (non-hydrogen) atoms. The van der Waals surface area contributed by atoms with E-state index in [0.717, 1.165) is 51.8 Å². The van der Waals surface area contributed by atoms with E-state index in [0.29, 0.717) is 6.04 Å². The van der Waals surface area contributed by atoms with Crippen molar-refractivity contribution in [3.8, 4) is 0 Å². The SMILES string of the molecule is CN=C(NCc1cccc(N2CC=CC2)c1)N1CCC(N2CC=CC2)C1.I. The second kappa shape index (κ2) is 9.59. The number of hydrogen-bond donors (Lipinski definition) is 1. The highest BCUT2D eigenvalue weighted by molar-refractivity contribution is 14.0. The normalized spacial score (nSPS) is 22.6. The van der Waals surface area contributed by atoms with Gasteiger partial charge in [-0.3, -0.25) is 9.89 Å². The van der Waals surface area contributed by atoms with E-state index in [9.17, 15) is 0 Å². The highest BCUT2D eigenvalue weighted by Crippen LogP contribution is 2.20. The Labute approximate surface area is 179 Å². The molecule has 1 saturated heterocycles. The summed E-state index contributed by atoms with van der Waals surface area (Å²) in [6.45, 7) is 7.19. The zero-order valence-corrected chi connectivity index (χ0v) is 18.4. The minimum absolute atomic E-state index is 0. The van der Waals surface area contributed by atoms with Crippen molar-refractivity contribution in [2.75, 3.05) is 51.2 Å². The third-order valence-electron chi connectivity index (χ3n) is 5.58. The molecule has 0 spiro atoms. The van der Waals surface area contributed by atoms with Gasteiger partial charge in [0.05, 0.1) is 0 Å². The molecule has 3 aliphatic rings. The highest BCUT2D eigenvalue weighted by atomic mass is 127. The molecule has 1 fully saturated rings. The lowest BCUT2D eigenvalue weighted by molar-refractivity contribution is 0.259. The van der Waals surface area contributed by atoms with Crippen molar-refractivity contribution in [2.24, 2.45) is 4.99 Å². The quantitative estimate of drug-likeness (QED) is 0.312. The van der Waals surface area contributed by atoms with Gasteiger partial charge in [0.15, 0.2) is 5.96 Å². The van der Waals surface area contributed by atoms with Crippen LogP contribution in [0, 0.1) is 0 Å². The van der Waals surface area contributed by atoms with Gasteiger partial charge >= 0.3 is 0 Å². The maximum atomic E-state index is 4.52. The molecule has 146 valence electrons. The number of likely N-dealkylation sites (tertiary alicyclic amines) is 1. The van der Waals surface area contributed by atoms with Crippen LogP contribution in [0.2, 0.25) is 0 Å². The summed E-state index contributed by atoms with van der Waals surface area (Å²) in [5, 5.41) is 3.56. The van der Waals surface area contributed by atoms with E-state index in [4.69, 9.17) is 0 Å². The molecule has 0 saturated carbocycles. The van der Waals surface area contributed by atoms with Crippen molar-refractivity contribution in [1.82, 2.24) is 15.1 Å². The fraction of sp³-hybridized carbons (Fsp3) is 0.476. The summed E-state index contributed by atoms with van der Waals surface area (Å²) in [7, 11) is 1.89. The van der Waals surface area contributed by atoms with Gasteiger partial charge in [-0.05, 0) is 24.1 Å². The van der Waals surface area contributed by atoms with Gasteiger partial charge in [-0.15, -0.1) is 24.0 Å². The van der Waals surface area contributed by atoms with Crippen LogP contribution in [-0.2, 0) is 6.54 Å². The Morgan fingerprint density at radius 2 is 1.85 bits per heavy atom. The Morgan fingerprint density at radius 3 is 2.59 bits per heavy atom. The zero-order chi connectivity index (χ0) is 17.8. The van der Waals surface area contributed by atoms with Crippen molar-refractivity contribution in [1.29, 1.82) is 0 Å². The number of halogens is 1. The molecule has 0 aromatic heterocycles. The number of benzene rings is 1. The predicted molar refractivity (Wildman–Crippen MR) is 124 cm³/mol. The molecule has 0 aliphatic carbocycles. The molecule has 0 radical (unpaired) electrons. The second-order valence-electron chi connectivity index (χ2n) is 7.26. The zero-order valence-electron chi connectivity index (χ0n) is 16.1. The lowest BCUT2D eigenvalue weighted by atomic mass is 10.2. The molecule has 6 heteroatoms. The minimum atomic E-state index is 0. The van der Waals surface area contributed by atoms with Crippen LogP contribution < -0.4 is 10.2 Å². The monoisotopic (exact) mass is 479 g/mol. The van der Waals surface area contributed by atoms with Gasteiger partial charge in [0, 0.05) is 64.6 Å². The number of nitrogens with one attached hydrogen (secondary N) is 1. The summed E-state index contributed by atoms with van der Waals surface area (Å²) >= 11 is 0. The third-order valence-corrected chi connectivity index (χ3v) is 5.58. The van der Waals surface area contributed by atoms with Crippen molar-refractivity contribution < 1.29 is 0 Å². The Balaban J connectivity index is 0.00000210. The average Bonchev–Trinajstić information content (AvgIpc) is 3.43. The number of rotatable bonds is 4. The summed E-state index contributed by atoms with van der Waals surface area (Å²) in [5.74, 6) is 1.02. The van der Waals surface area contributed by atoms with Gasteiger partial charge in [0.2, 0.25) is 0 Å². The van der Waals surface area contributed by atoms with Crippen LogP contribution >= 0.6 is 24.0 Å². The van der Waals surface area contributed by atoms with E-state index in [1.807, 2.05) is 7.05 Å². The molecular weight excluding hydrogens is 449 g/mol. The first-order valence-electron chi connectivity index (χ1n) is 9.67. The lowest BCUT2D eigenvalue weighted by Crippen LogP contribution is -2.42. The number of hydrogen-bond acceptors (Lipinski definition) is 3. The van der Waals surface area contributed by atoms with Crippen LogP contribution in [0.25, 0.3) is 0 Å². The summed E-state index contributed by atoms with van der Waals surface area (Å²) in [5.41, 5.74) is 2.60.